The van der Waals surface area contributed by atoms with Crippen LogP contribution in [0.25, 0.3) is 11.1 Å². The number of nitrogen functional groups attached to an aromatic ring is 1. The summed E-state index contributed by atoms with van der Waals surface area (Å²) in [6.07, 6.45) is 0. The van der Waals surface area contributed by atoms with E-state index in [1.165, 1.54) is 5.56 Å². The minimum absolute atomic E-state index is 0.601. The predicted octanol–water partition coefficient (Wildman–Crippen LogP) is 3.05. The summed E-state index contributed by atoms with van der Waals surface area (Å²) < 4.78 is 5.72. The Morgan fingerprint density at radius 1 is 1.16 bits per heavy atom. The summed E-state index contributed by atoms with van der Waals surface area (Å²) in [4.78, 5) is 6.43. The van der Waals surface area contributed by atoms with Crippen LogP contribution in [0.1, 0.15) is 5.56 Å². The molecular formula is C15H15N3O. The number of benzene rings is 2. The molecule has 1 heterocycles. The third-order valence-electron chi connectivity index (χ3n) is 2.99. The molecule has 0 atom stereocenters. The standard InChI is InChI=1S/C15H15N3O/c1-18(10-11-5-3-2-4-6-11)15-17-13-9-12(16)7-8-14(13)19-15/h2-9H,10,16H2,1H3. The number of anilines is 2. The maximum absolute atomic E-state index is 5.74. The van der Waals surface area contributed by atoms with Gasteiger partial charge in [-0.2, -0.15) is 4.98 Å². The molecule has 2 N–H and O–H groups in total. The SMILES string of the molecule is CN(Cc1ccccc1)c1nc2cc(N)ccc2o1. The van der Waals surface area contributed by atoms with Crippen LogP contribution in [0.3, 0.4) is 0 Å². The molecule has 0 bridgehead atoms. The first-order valence-corrected chi connectivity index (χ1v) is 6.13. The second kappa shape index (κ2) is 4.65. The first-order chi connectivity index (χ1) is 9.22. The summed E-state index contributed by atoms with van der Waals surface area (Å²) in [5.41, 5.74) is 9.19. The number of fused-ring (bicyclic) bond motifs is 1. The molecular weight excluding hydrogens is 238 g/mol. The Hall–Kier alpha value is -2.49. The Balaban J connectivity index is 1.87. The van der Waals surface area contributed by atoms with E-state index in [1.54, 1.807) is 0 Å². The summed E-state index contributed by atoms with van der Waals surface area (Å²) in [6.45, 7) is 0.753. The minimum atomic E-state index is 0.601. The maximum atomic E-state index is 5.74. The summed E-state index contributed by atoms with van der Waals surface area (Å²) in [6, 6.07) is 16.3. The maximum Gasteiger partial charge on any atom is 0.298 e. The van der Waals surface area contributed by atoms with Crippen LogP contribution in [0.5, 0.6) is 0 Å². The van der Waals surface area contributed by atoms with Crippen molar-refractivity contribution in [2.24, 2.45) is 0 Å². The van der Waals surface area contributed by atoms with Crippen molar-refractivity contribution in [3.8, 4) is 0 Å². The Labute approximate surface area is 111 Å². The fourth-order valence-corrected chi connectivity index (χ4v) is 2.02. The normalized spacial score (nSPS) is 10.8. The van der Waals surface area contributed by atoms with Gasteiger partial charge < -0.3 is 15.1 Å². The molecule has 0 aliphatic heterocycles. The second-order valence-corrected chi connectivity index (χ2v) is 4.57. The smallest absolute Gasteiger partial charge is 0.298 e. The van der Waals surface area contributed by atoms with Gasteiger partial charge in [0.15, 0.2) is 5.58 Å². The van der Waals surface area contributed by atoms with Gasteiger partial charge in [-0.05, 0) is 23.8 Å². The number of hydrogen-bond acceptors (Lipinski definition) is 4. The number of aromatic nitrogens is 1. The largest absolute Gasteiger partial charge is 0.423 e. The molecule has 0 aliphatic rings. The lowest BCUT2D eigenvalue weighted by molar-refractivity contribution is 0.582. The lowest BCUT2D eigenvalue weighted by Crippen LogP contribution is -2.16. The van der Waals surface area contributed by atoms with Crippen molar-refractivity contribution in [1.82, 2.24) is 4.98 Å². The lowest BCUT2D eigenvalue weighted by Gasteiger charge is -2.13. The molecule has 4 nitrogen and oxygen atoms in total. The van der Waals surface area contributed by atoms with Crippen LogP contribution in [0.2, 0.25) is 0 Å². The Morgan fingerprint density at radius 2 is 1.95 bits per heavy atom. The molecule has 0 amide bonds. The number of hydrogen-bond donors (Lipinski definition) is 1. The Morgan fingerprint density at radius 3 is 2.74 bits per heavy atom. The molecule has 0 unspecified atom stereocenters. The van der Waals surface area contributed by atoms with Crippen LogP contribution in [0.15, 0.2) is 52.9 Å². The molecule has 0 aliphatic carbocycles. The van der Waals surface area contributed by atoms with E-state index < -0.39 is 0 Å². The van der Waals surface area contributed by atoms with E-state index in [2.05, 4.69) is 17.1 Å². The molecule has 0 saturated carbocycles. The summed E-state index contributed by atoms with van der Waals surface area (Å²) in [5.74, 6) is 0. The molecule has 19 heavy (non-hydrogen) atoms. The topological polar surface area (TPSA) is 55.3 Å². The Bertz CT molecular complexity index is 691. The molecule has 96 valence electrons. The average Bonchev–Trinajstić information content (AvgIpc) is 2.83. The molecule has 0 fully saturated rings. The second-order valence-electron chi connectivity index (χ2n) is 4.57. The van der Waals surface area contributed by atoms with Gasteiger partial charge in [-0.3, -0.25) is 0 Å². The van der Waals surface area contributed by atoms with Gasteiger partial charge in [0.25, 0.3) is 6.01 Å². The van der Waals surface area contributed by atoms with Crippen molar-refractivity contribution in [1.29, 1.82) is 0 Å². The van der Waals surface area contributed by atoms with Gasteiger partial charge in [0.2, 0.25) is 0 Å². The summed E-state index contributed by atoms with van der Waals surface area (Å²) in [5, 5.41) is 0. The van der Waals surface area contributed by atoms with Crippen molar-refractivity contribution in [2.45, 2.75) is 6.54 Å². The first-order valence-electron chi connectivity index (χ1n) is 6.13. The number of nitrogens with two attached hydrogens (primary N) is 1. The van der Waals surface area contributed by atoms with E-state index in [0.717, 1.165) is 17.6 Å². The van der Waals surface area contributed by atoms with E-state index in [4.69, 9.17) is 10.2 Å². The van der Waals surface area contributed by atoms with E-state index in [1.807, 2.05) is 48.3 Å². The van der Waals surface area contributed by atoms with Gasteiger partial charge >= 0.3 is 0 Å². The number of oxazole rings is 1. The molecule has 4 heteroatoms. The van der Waals surface area contributed by atoms with Gasteiger partial charge in [0, 0.05) is 19.3 Å². The van der Waals surface area contributed by atoms with Gasteiger partial charge in [-0.25, -0.2) is 0 Å². The monoisotopic (exact) mass is 253 g/mol. The summed E-state index contributed by atoms with van der Waals surface area (Å²) in [7, 11) is 1.96. The molecule has 1 aromatic heterocycles. The van der Waals surface area contributed by atoms with E-state index in [0.29, 0.717) is 11.7 Å². The fraction of sp³-hybridized carbons (Fsp3) is 0.133. The molecule has 3 aromatic rings. The van der Waals surface area contributed by atoms with Crippen LogP contribution in [-0.2, 0) is 6.54 Å². The van der Waals surface area contributed by atoms with Crippen molar-refractivity contribution >= 4 is 22.8 Å². The van der Waals surface area contributed by atoms with Crippen LogP contribution in [0.4, 0.5) is 11.7 Å². The van der Waals surface area contributed by atoms with E-state index in [-0.39, 0.29) is 0 Å². The highest BCUT2D eigenvalue weighted by Crippen LogP contribution is 2.23. The zero-order chi connectivity index (χ0) is 13.2. The highest BCUT2D eigenvalue weighted by molar-refractivity contribution is 5.78. The molecule has 2 aromatic carbocycles. The van der Waals surface area contributed by atoms with Crippen molar-refractivity contribution < 1.29 is 4.42 Å². The lowest BCUT2D eigenvalue weighted by atomic mass is 10.2. The van der Waals surface area contributed by atoms with Crippen molar-refractivity contribution in [2.75, 3.05) is 17.7 Å². The van der Waals surface area contributed by atoms with Crippen LogP contribution in [-0.4, -0.2) is 12.0 Å². The van der Waals surface area contributed by atoms with Crippen LogP contribution < -0.4 is 10.6 Å². The fourth-order valence-electron chi connectivity index (χ4n) is 2.02. The van der Waals surface area contributed by atoms with E-state index >= 15 is 0 Å². The zero-order valence-electron chi connectivity index (χ0n) is 10.7. The van der Waals surface area contributed by atoms with E-state index in [9.17, 15) is 0 Å². The number of rotatable bonds is 3. The quantitative estimate of drug-likeness (QED) is 0.729. The van der Waals surface area contributed by atoms with Gasteiger partial charge in [-0.15, -0.1) is 0 Å². The van der Waals surface area contributed by atoms with Gasteiger partial charge in [-0.1, -0.05) is 30.3 Å². The van der Waals surface area contributed by atoms with Gasteiger partial charge in [0.1, 0.15) is 5.52 Å². The van der Waals surface area contributed by atoms with Crippen molar-refractivity contribution in [3.05, 3.63) is 54.1 Å². The van der Waals surface area contributed by atoms with Crippen LogP contribution in [0, 0.1) is 0 Å². The third-order valence-corrected chi connectivity index (χ3v) is 2.99. The molecule has 0 saturated heterocycles. The van der Waals surface area contributed by atoms with Gasteiger partial charge in [0.05, 0.1) is 0 Å². The first kappa shape index (κ1) is 11.6. The number of nitrogens with zero attached hydrogens (tertiary/aromatic N) is 2. The predicted molar refractivity (Wildman–Crippen MR) is 77.0 cm³/mol. The Kier molecular flexibility index (Phi) is 2.83. The highest BCUT2D eigenvalue weighted by atomic mass is 16.4. The zero-order valence-corrected chi connectivity index (χ0v) is 10.7. The molecule has 0 radical (unpaired) electrons. The van der Waals surface area contributed by atoms with Crippen LogP contribution >= 0.6 is 0 Å². The van der Waals surface area contributed by atoms with Crippen molar-refractivity contribution in [3.63, 3.8) is 0 Å². The molecule has 3 rings (SSSR count). The minimum Gasteiger partial charge on any atom is -0.423 e. The molecule has 0 spiro atoms. The average molecular weight is 253 g/mol. The highest BCUT2D eigenvalue weighted by Gasteiger charge is 2.10. The summed E-state index contributed by atoms with van der Waals surface area (Å²) >= 11 is 0. The third kappa shape index (κ3) is 2.38.